The van der Waals surface area contributed by atoms with Gasteiger partial charge in [0.1, 0.15) is 0 Å². The molecule has 12 atom stereocenters. The number of hydrogen-bond donors (Lipinski definition) is 0. The molecule has 12 rings (SSSR count). The van der Waals surface area contributed by atoms with Crippen LogP contribution in [0, 0.1) is 96.7 Å². The largest absolute Gasteiger partial charge is 0.124 e. The summed E-state index contributed by atoms with van der Waals surface area (Å²) >= 11 is 0. The lowest BCUT2D eigenvalue weighted by Crippen LogP contribution is -2.26. The average Bonchev–Trinajstić information content (AvgIpc) is 3.68. The summed E-state index contributed by atoms with van der Waals surface area (Å²) in [5.74, 6) is 11.4. The second-order valence-electron chi connectivity index (χ2n) is 16.2. The van der Waals surface area contributed by atoms with E-state index in [0.29, 0.717) is 0 Å². The van der Waals surface area contributed by atoms with Gasteiger partial charge in [-0.1, -0.05) is 134 Å². The van der Waals surface area contributed by atoms with Crippen LogP contribution in [0.3, 0.4) is 0 Å². The van der Waals surface area contributed by atoms with Crippen LogP contribution in [0.1, 0.15) is 105 Å². The van der Waals surface area contributed by atoms with Crippen LogP contribution in [0.4, 0.5) is 0 Å². The first kappa shape index (κ1) is 36.3. The van der Waals surface area contributed by atoms with E-state index >= 15 is 0 Å². The molecule has 12 unspecified atom stereocenters. The van der Waals surface area contributed by atoms with E-state index in [1.807, 2.05) is 0 Å². The van der Waals surface area contributed by atoms with E-state index in [-0.39, 0.29) is 0 Å². The van der Waals surface area contributed by atoms with Gasteiger partial charge in [-0.05, 0) is 137 Å². The SMILES string of the molecule is C#C.C#C.C1=CC2C3C=CC(C3)C2C1.C1=CCC=C1.C1CC1.C1CC1.CC1=C(C)C2C=CC1C2.CC1=C(C)C2CC1C1C3C=CC(C3)C21. The number of fused-ring (bicyclic) bond motifs is 16. The molecule has 8 bridgehead atoms. The lowest BCUT2D eigenvalue weighted by Gasteiger charge is -2.33. The highest BCUT2D eigenvalue weighted by atomic mass is 14.6. The molecule has 48 heavy (non-hydrogen) atoms. The molecule has 0 heteroatoms. The summed E-state index contributed by atoms with van der Waals surface area (Å²) in [4.78, 5) is 0. The number of allylic oxidation sites excluding steroid dienone is 16. The van der Waals surface area contributed by atoms with Gasteiger partial charge in [0.25, 0.3) is 0 Å². The third-order valence-electron chi connectivity index (χ3n) is 13.4. The van der Waals surface area contributed by atoms with Gasteiger partial charge in [0.15, 0.2) is 0 Å². The van der Waals surface area contributed by atoms with Crippen molar-refractivity contribution in [1.82, 2.24) is 0 Å². The van der Waals surface area contributed by atoms with E-state index in [2.05, 4.69) is 126 Å². The summed E-state index contributed by atoms with van der Waals surface area (Å²) in [6, 6.07) is 0. The molecule has 5 fully saturated rings. The topological polar surface area (TPSA) is 0 Å². The first-order valence-corrected chi connectivity index (χ1v) is 19.6. The van der Waals surface area contributed by atoms with Crippen molar-refractivity contribution in [3.05, 3.63) is 95.2 Å². The summed E-state index contributed by atoms with van der Waals surface area (Å²) in [7, 11) is 0. The minimum atomic E-state index is 0.815. The van der Waals surface area contributed by atoms with Crippen molar-refractivity contribution in [2.45, 2.75) is 105 Å². The Morgan fingerprint density at radius 1 is 0.458 bits per heavy atom. The first-order chi connectivity index (χ1) is 23.5. The third-order valence-corrected chi connectivity index (χ3v) is 13.4. The Balaban J connectivity index is 0.000000118. The van der Waals surface area contributed by atoms with Crippen LogP contribution in [0.2, 0.25) is 0 Å². The van der Waals surface area contributed by atoms with Crippen LogP contribution >= 0.6 is 0 Å². The number of rotatable bonds is 0. The average molecular weight is 641 g/mol. The molecule has 0 amide bonds. The van der Waals surface area contributed by atoms with E-state index in [1.165, 1.54) is 70.6 Å². The van der Waals surface area contributed by atoms with Gasteiger partial charge in [-0.3, -0.25) is 0 Å². The molecule has 0 radical (unpaired) electrons. The Kier molecular flexibility index (Phi) is 13.0. The summed E-state index contributed by atoms with van der Waals surface area (Å²) in [6.45, 7) is 9.32. The Hall–Kier alpha value is -2.96. The summed E-state index contributed by atoms with van der Waals surface area (Å²) in [5, 5.41) is 0. The fourth-order valence-corrected chi connectivity index (χ4v) is 10.4. The van der Waals surface area contributed by atoms with Gasteiger partial charge in [0, 0.05) is 0 Å². The Bertz CT molecular complexity index is 1290. The first-order valence-electron chi connectivity index (χ1n) is 19.6. The van der Waals surface area contributed by atoms with Crippen molar-refractivity contribution in [1.29, 1.82) is 0 Å². The summed E-state index contributed by atoms with van der Waals surface area (Å²) < 4.78 is 0. The van der Waals surface area contributed by atoms with Crippen LogP contribution in [-0.2, 0) is 0 Å². The molecule has 0 aromatic rings. The lowest BCUT2D eigenvalue weighted by molar-refractivity contribution is 0.273. The van der Waals surface area contributed by atoms with Crippen LogP contribution in [0.5, 0.6) is 0 Å². The van der Waals surface area contributed by atoms with Gasteiger partial charge in [-0.25, -0.2) is 0 Å². The molecule has 256 valence electrons. The molecular formula is C48H64. The van der Waals surface area contributed by atoms with E-state index in [4.69, 9.17) is 0 Å². The zero-order valence-electron chi connectivity index (χ0n) is 30.7. The van der Waals surface area contributed by atoms with Crippen LogP contribution in [0.15, 0.2) is 95.2 Å². The molecule has 12 aliphatic rings. The molecule has 0 aromatic carbocycles. The zero-order chi connectivity index (χ0) is 34.2. The predicted octanol–water partition coefficient (Wildman–Crippen LogP) is 12.7. The van der Waals surface area contributed by atoms with Gasteiger partial charge in [-0.15, -0.1) is 25.7 Å². The van der Waals surface area contributed by atoms with Gasteiger partial charge in [-0.2, -0.15) is 0 Å². The van der Waals surface area contributed by atoms with Crippen molar-refractivity contribution in [2.75, 3.05) is 0 Å². The third kappa shape index (κ3) is 8.08. The highest BCUT2D eigenvalue weighted by Gasteiger charge is 2.59. The van der Waals surface area contributed by atoms with E-state index in [1.54, 1.807) is 22.3 Å². The standard InChI is InChI=1S/C14H18.C10H12.C9H12.C5H6.2C3H6.2C2H2/c1-7-8(2)12-6-11(7)13-9-3-4-10(5-9)14(12)13;1-2-9-7-4-5-8(6-7)10(9)3-1;1-6-7(2)9-4-3-8(6)5-9;1-2-4-5-3-1;2*1-2-3-1;2*1-2/h3-4,9-14H,5-6H2,1-2H3;1-2,4-5,7-10H,3,6H2;3-4,8-9H,5H2,1-2H3;1-4H,5H2;2*1-3H2;2*1-2H. The minimum Gasteiger partial charge on any atom is -0.124 e. The van der Waals surface area contributed by atoms with Crippen molar-refractivity contribution in [3.8, 4) is 25.7 Å². The highest BCUT2D eigenvalue weighted by Crippen LogP contribution is 2.66. The van der Waals surface area contributed by atoms with E-state index < -0.39 is 0 Å². The lowest BCUT2D eigenvalue weighted by atomic mass is 9.71. The maximum Gasteiger partial charge on any atom is -0.00144 e. The molecule has 0 nitrogen and oxygen atoms in total. The van der Waals surface area contributed by atoms with Crippen molar-refractivity contribution < 1.29 is 0 Å². The number of terminal acetylenes is 2. The van der Waals surface area contributed by atoms with Crippen LogP contribution < -0.4 is 0 Å². The Labute approximate surface area is 295 Å². The second kappa shape index (κ2) is 17.1. The molecular weight excluding hydrogens is 577 g/mol. The molecule has 0 N–H and O–H groups in total. The van der Waals surface area contributed by atoms with Gasteiger partial charge >= 0.3 is 0 Å². The van der Waals surface area contributed by atoms with Gasteiger partial charge < -0.3 is 0 Å². The Morgan fingerprint density at radius 2 is 0.917 bits per heavy atom. The maximum absolute atomic E-state index is 4.00. The molecule has 0 aliphatic heterocycles. The van der Waals surface area contributed by atoms with Crippen molar-refractivity contribution in [2.24, 2.45) is 71.0 Å². The molecule has 5 saturated carbocycles. The molecule has 0 aromatic heterocycles. The quantitative estimate of drug-likeness (QED) is 0.140. The predicted molar refractivity (Wildman–Crippen MR) is 209 cm³/mol. The molecule has 12 aliphatic carbocycles. The zero-order valence-corrected chi connectivity index (χ0v) is 30.7. The van der Waals surface area contributed by atoms with E-state index in [9.17, 15) is 0 Å². The summed E-state index contributed by atoms with van der Waals surface area (Å²) in [6.07, 6.45) is 61.1. The van der Waals surface area contributed by atoms with Crippen LogP contribution in [0.25, 0.3) is 0 Å². The maximum atomic E-state index is 4.00. The molecule has 0 spiro atoms. The molecule has 0 heterocycles. The van der Waals surface area contributed by atoms with Crippen molar-refractivity contribution >= 4 is 0 Å². The van der Waals surface area contributed by atoms with Crippen LogP contribution in [-0.4, -0.2) is 0 Å². The fraction of sp³-hybridized carbons (Fsp3) is 0.583. The fourth-order valence-electron chi connectivity index (χ4n) is 10.4. The number of hydrogen-bond acceptors (Lipinski definition) is 0. The monoisotopic (exact) mass is 641 g/mol. The van der Waals surface area contributed by atoms with E-state index in [0.717, 1.165) is 77.4 Å². The Morgan fingerprint density at radius 3 is 1.31 bits per heavy atom. The minimum absolute atomic E-state index is 0.815. The normalized spacial score (nSPS) is 40.3. The molecule has 0 saturated heterocycles. The van der Waals surface area contributed by atoms with Gasteiger partial charge in [0.2, 0.25) is 0 Å². The summed E-state index contributed by atoms with van der Waals surface area (Å²) in [5.41, 5.74) is 6.78. The second-order valence-corrected chi connectivity index (χ2v) is 16.2. The highest BCUT2D eigenvalue weighted by molar-refractivity contribution is 5.36. The van der Waals surface area contributed by atoms with Crippen molar-refractivity contribution in [3.63, 3.8) is 0 Å². The smallest absolute Gasteiger partial charge is 0.00144 e. The van der Waals surface area contributed by atoms with Gasteiger partial charge in [0.05, 0.1) is 0 Å².